The summed E-state index contributed by atoms with van der Waals surface area (Å²) in [6, 6.07) is 0. The first-order valence-electron chi connectivity index (χ1n) is 3.02. The third-order valence-electron chi connectivity index (χ3n) is 1.26. The monoisotopic (exact) mass is 310 g/mol. The number of rotatable bonds is 0. The third-order valence-corrected chi connectivity index (χ3v) is 1.26. The summed E-state index contributed by atoms with van der Waals surface area (Å²) < 4.78 is 0. The van der Waals surface area contributed by atoms with Crippen LogP contribution in [0, 0.1) is 6.20 Å². The number of aromatic nitrogens is 2. The minimum atomic E-state index is 0. The van der Waals surface area contributed by atoms with Crippen LogP contribution in [0.5, 0.6) is 0 Å². The second-order valence-corrected chi connectivity index (χ2v) is 3.16. The van der Waals surface area contributed by atoms with Gasteiger partial charge < -0.3 is 10.2 Å². The van der Waals surface area contributed by atoms with E-state index in [1.165, 1.54) is 0 Å². The van der Waals surface area contributed by atoms with Gasteiger partial charge in [-0.2, -0.15) is 5.56 Å². The fourth-order valence-corrected chi connectivity index (χ4v) is 0.606. The van der Waals surface area contributed by atoms with Crippen molar-refractivity contribution in [1.82, 2.24) is 10.2 Å². The number of hydrogen-bond acceptors (Lipinski definition) is 1. The van der Waals surface area contributed by atoms with Crippen LogP contribution in [0.15, 0.2) is 6.20 Å². The molecule has 0 aromatic carbocycles. The van der Waals surface area contributed by atoms with Gasteiger partial charge in [0.25, 0.3) is 0 Å². The van der Waals surface area contributed by atoms with Crippen LogP contribution in [0.4, 0.5) is 0 Å². The number of aromatic amines is 1. The molecule has 0 aliphatic carbocycles. The molecule has 0 fully saturated rings. The van der Waals surface area contributed by atoms with E-state index in [0.717, 1.165) is 5.56 Å². The number of H-pyrrole nitrogens is 1. The van der Waals surface area contributed by atoms with Gasteiger partial charge in [-0.05, 0) is 5.41 Å². The van der Waals surface area contributed by atoms with Gasteiger partial charge in [0.05, 0.1) is 0 Å². The van der Waals surface area contributed by atoms with E-state index in [1.807, 2.05) is 6.20 Å². The van der Waals surface area contributed by atoms with Crippen molar-refractivity contribution in [3.63, 3.8) is 0 Å². The summed E-state index contributed by atoms with van der Waals surface area (Å²) in [5, 5.41) is 6.47. The Morgan fingerprint density at radius 2 is 2.10 bits per heavy atom. The molecule has 0 aliphatic heterocycles. The minimum absolute atomic E-state index is 0. The van der Waals surface area contributed by atoms with Gasteiger partial charge in [-0.15, -0.1) is 12.4 Å². The zero-order chi connectivity index (χ0) is 6.91. The van der Waals surface area contributed by atoms with Gasteiger partial charge in [0.2, 0.25) is 0 Å². The largest absolute Gasteiger partial charge is 0.382 e. The van der Waals surface area contributed by atoms with Gasteiger partial charge in [0.1, 0.15) is 0 Å². The first kappa shape index (κ1) is 9.87. The Bertz CT molecular complexity index is 174. The van der Waals surface area contributed by atoms with Crippen LogP contribution in [0.2, 0.25) is 0 Å². The second kappa shape index (κ2) is 3.32. The topological polar surface area (TPSA) is 28.7 Å². The zero-order valence-electron chi connectivity index (χ0n) is 6.40. The quantitative estimate of drug-likeness (QED) is 0.723. The number of hydrogen-bond donors (Lipinski definition) is 1. The first-order valence-corrected chi connectivity index (χ1v) is 3.02. The molecule has 10 heavy (non-hydrogen) atoms. The Kier molecular flexibility index (Phi) is 3.28. The molecular formula is C7H11N2Re-. The van der Waals surface area contributed by atoms with Crippen LogP contribution < -0.4 is 0 Å². The van der Waals surface area contributed by atoms with Crippen LogP contribution >= 0.6 is 0 Å². The van der Waals surface area contributed by atoms with Crippen molar-refractivity contribution >= 4 is 0 Å². The van der Waals surface area contributed by atoms with Crippen LogP contribution in [0.1, 0.15) is 26.3 Å². The molecule has 0 bridgehead atoms. The molecular weight excluding hydrogens is 298 g/mol. The minimum Gasteiger partial charge on any atom is -0.382 e. The Morgan fingerprint density at radius 3 is 2.30 bits per heavy atom. The molecule has 0 atom stereocenters. The Balaban J connectivity index is 0.000000810. The molecule has 1 heterocycles. The number of nitrogens with zero attached hydrogens (tertiary/aromatic N) is 1. The Morgan fingerprint density at radius 1 is 1.50 bits per heavy atom. The predicted octanol–water partition coefficient (Wildman–Crippen LogP) is 1.50. The van der Waals surface area contributed by atoms with Crippen molar-refractivity contribution in [1.29, 1.82) is 0 Å². The van der Waals surface area contributed by atoms with E-state index in [2.05, 4.69) is 37.2 Å². The first-order chi connectivity index (χ1) is 4.11. The zero-order valence-corrected chi connectivity index (χ0v) is 9.12. The normalized spacial score (nSPS) is 10.7. The average Bonchev–Trinajstić information content (AvgIpc) is 2.08. The molecule has 0 saturated heterocycles. The fraction of sp³-hybridized carbons (Fsp3) is 0.571. The fourth-order valence-electron chi connectivity index (χ4n) is 0.606. The van der Waals surface area contributed by atoms with Crippen molar-refractivity contribution < 1.29 is 20.4 Å². The molecule has 1 aromatic rings. The molecule has 0 amide bonds. The molecule has 0 spiro atoms. The van der Waals surface area contributed by atoms with E-state index in [0.29, 0.717) is 0 Å². The third kappa shape index (κ3) is 2.24. The maximum Gasteiger partial charge on any atom is 0 e. The number of nitrogens with one attached hydrogen (secondary N) is 1. The van der Waals surface area contributed by atoms with E-state index in [1.54, 1.807) is 0 Å². The van der Waals surface area contributed by atoms with E-state index in [4.69, 9.17) is 0 Å². The van der Waals surface area contributed by atoms with Gasteiger partial charge in [-0.25, -0.2) is 0 Å². The van der Waals surface area contributed by atoms with E-state index in [9.17, 15) is 0 Å². The van der Waals surface area contributed by atoms with Gasteiger partial charge in [-0.1, -0.05) is 20.8 Å². The molecule has 1 N–H and O–H groups in total. The molecule has 3 heteroatoms. The van der Waals surface area contributed by atoms with Gasteiger partial charge in [0.15, 0.2) is 0 Å². The summed E-state index contributed by atoms with van der Waals surface area (Å²) >= 11 is 0. The maximum atomic E-state index is 3.74. The Labute approximate surface area is 75.1 Å². The molecule has 0 saturated carbocycles. The molecule has 1 aromatic heterocycles. The average molecular weight is 309 g/mol. The maximum absolute atomic E-state index is 3.74. The summed E-state index contributed by atoms with van der Waals surface area (Å²) in [5.41, 5.74) is 1.30. The molecule has 0 unspecified atom stereocenters. The molecule has 0 aliphatic rings. The predicted molar refractivity (Wildman–Crippen MR) is 36.1 cm³/mol. The summed E-state index contributed by atoms with van der Waals surface area (Å²) in [6.07, 6.45) is 4.75. The van der Waals surface area contributed by atoms with Gasteiger partial charge in [-0.3, -0.25) is 0 Å². The molecule has 2 nitrogen and oxygen atoms in total. The van der Waals surface area contributed by atoms with Gasteiger partial charge in [0, 0.05) is 20.4 Å². The standard InChI is InChI=1S/C7H11N2.Re/c1-7(2,3)6-4-8-9-5-6;/h4H,1-3H3,(H,8,9);/q-1;. The van der Waals surface area contributed by atoms with Crippen molar-refractivity contribution in [2.24, 2.45) is 0 Å². The SMILES string of the molecule is CC(C)(C)c1[c-]n[nH]c1.[Re]. The smallest absolute Gasteiger partial charge is 0 e. The second-order valence-electron chi connectivity index (χ2n) is 3.16. The summed E-state index contributed by atoms with van der Waals surface area (Å²) in [5.74, 6) is 0. The molecule has 57 valence electrons. The summed E-state index contributed by atoms with van der Waals surface area (Å²) in [7, 11) is 0. The van der Waals surface area contributed by atoms with Crippen molar-refractivity contribution in [2.45, 2.75) is 26.2 Å². The Hall–Kier alpha value is -0.128. The van der Waals surface area contributed by atoms with E-state index >= 15 is 0 Å². The van der Waals surface area contributed by atoms with Crippen LogP contribution in [0.25, 0.3) is 0 Å². The summed E-state index contributed by atoms with van der Waals surface area (Å²) in [4.78, 5) is 0. The van der Waals surface area contributed by atoms with Crippen LogP contribution in [0.3, 0.4) is 0 Å². The van der Waals surface area contributed by atoms with Crippen molar-refractivity contribution in [3.8, 4) is 0 Å². The summed E-state index contributed by atoms with van der Waals surface area (Å²) in [6.45, 7) is 6.40. The van der Waals surface area contributed by atoms with E-state index < -0.39 is 0 Å². The van der Waals surface area contributed by atoms with Gasteiger partial charge >= 0.3 is 0 Å². The molecule has 1 radical (unpaired) electrons. The van der Waals surface area contributed by atoms with E-state index in [-0.39, 0.29) is 25.8 Å². The molecule has 1 rings (SSSR count). The van der Waals surface area contributed by atoms with Crippen molar-refractivity contribution in [3.05, 3.63) is 18.0 Å². The van der Waals surface area contributed by atoms with Crippen LogP contribution in [-0.2, 0) is 25.8 Å². The van der Waals surface area contributed by atoms with Crippen molar-refractivity contribution in [2.75, 3.05) is 0 Å². The van der Waals surface area contributed by atoms with Crippen LogP contribution in [-0.4, -0.2) is 10.2 Å².